The van der Waals surface area contributed by atoms with Gasteiger partial charge in [0.15, 0.2) is 0 Å². The highest BCUT2D eigenvalue weighted by Crippen LogP contribution is 2.29. The second-order valence-electron chi connectivity index (χ2n) is 8.30. The number of aromatic nitrogens is 3. The maximum absolute atomic E-state index is 13.1. The molecule has 0 aliphatic carbocycles. The zero-order valence-electron chi connectivity index (χ0n) is 18.4. The Hall–Kier alpha value is -3.94. The number of carbonyl (C=O) groups is 2. The fourth-order valence-corrected chi connectivity index (χ4v) is 4.23. The van der Waals surface area contributed by atoms with E-state index in [0.717, 1.165) is 29.3 Å². The van der Waals surface area contributed by atoms with Gasteiger partial charge in [0.25, 0.3) is 5.91 Å². The second kappa shape index (κ2) is 8.90. The average Bonchev–Trinajstić information content (AvgIpc) is 3.51. The van der Waals surface area contributed by atoms with Crippen LogP contribution in [0.4, 0.5) is 5.69 Å². The zero-order chi connectivity index (χ0) is 22.8. The van der Waals surface area contributed by atoms with Crippen LogP contribution in [-0.2, 0) is 4.79 Å². The quantitative estimate of drug-likeness (QED) is 0.470. The molecule has 5 rings (SSSR count). The Morgan fingerprint density at radius 3 is 2.91 bits per heavy atom. The molecule has 2 aromatic heterocycles. The first-order valence-electron chi connectivity index (χ1n) is 11.2. The molecule has 3 heterocycles. The molecule has 0 radical (unpaired) electrons. The summed E-state index contributed by atoms with van der Waals surface area (Å²) in [5.41, 5.74) is 3.00. The summed E-state index contributed by atoms with van der Waals surface area (Å²) in [5, 5.41) is 8.02. The Morgan fingerprint density at radius 1 is 1.18 bits per heavy atom. The molecule has 2 amide bonds. The highest BCUT2D eigenvalue weighted by atomic mass is 16.5. The van der Waals surface area contributed by atoms with Crippen molar-refractivity contribution in [1.82, 2.24) is 20.0 Å². The molecule has 1 saturated heterocycles. The first kappa shape index (κ1) is 20.9. The van der Waals surface area contributed by atoms with Gasteiger partial charge >= 0.3 is 0 Å². The van der Waals surface area contributed by atoms with Crippen molar-refractivity contribution in [3.05, 3.63) is 66.2 Å². The summed E-state index contributed by atoms with van der Waals surface area (Å²) in [4.78, 5) is 34.5. The number of carbonyl (C=O) groups excluding carboxylic acids is 2. The number of H-pyrrole nitrogens is 1. The van der Waals surface area contributed by atoms with E-state index in [4.69, 9.17) is 4.52 Å². The van der Waals surface area contributed by atoms with Gasteiger partial charge in [-0.2, -0.15) is 4.98 Å². The lowest BCUT2D eigenvalue weighted by Gasteiger charge is -2.30. The number of aromatic amines is 1. The van der Waals surface area contributed by atoms with Crippen LogP contribution < -0.4 is 5.32 Å². The maximum Gasteiger partial charge on any atom is 0.270 e. The van der Waals surface area contributed by atoms with Gasteiger partial charge in [-0.15, -0.1) is 0 Å². The molecule has 168 valence electrons. The summed E-state index contributed by atoms with van der Waals surface area (Å²) in [5.74, 6) is 0.910. The van der Waals surface area contributed by atoms with E-state index in [1.807, 2.05) is 59.5 Å². The predicted molar refractivity (Wildman–Crippen MR) is 125 cm³/mol. The van der Waals surface area contributed by atoms with E-state index in [1.165, 1.54) is 0 Å². The largest absolute Gasteiger partial charge is 0.351 e. The fourth-order valence-electron chi connectivity index (χ4n) is 4.23. The maximum atomic E-state index is 13.1. The number of rotatable bonds is 5. The number of hydrogen-bond acceptors (Lipinski definition) is 5. The molecule has 1 atom stereocenters. The summed E-state index contributed by atoms with van der Waals surface area (Å²) in [7, 11) is 0. The number of nitrogens with one attached hydrogen (secondary N) is 2. The van der Waals surface area contributed by atoms with Crippen molar-refractivity contribution in [3.8, 4) is 11.4 Å². The third-order valence-corrected chi connectivity index (χ3v) is 5.99. The van der Waals surface area contributed by atoms with Crippen LogP contribution in [0.15, 0.2) is 59.1 Å². The SMILES string of the molecule is CCC(=O)Nc1cccc(-c2noc([C@@H]3CCCN(C(=O)c4cc5ccccc5[nH]4)C3)n2)c1. The molecule has 0 bridgehead atoms. The van der Waals surface area contributed by atoms with Gasteiger partial charge in [0.05, 0.1) is 5.92 Å². The summed E-state index contributed by atoms with van der Waals surface area (Å²) in [6.07, 6.45) is 2.16. The van der Waals surface area contributed by atoms with E-state index in [0.29, 0.717) is 42.6 Å². The molecule has 8 heteroatoms. The van der Waals surface area contributed by atoms with E-state index >= 15 is 0 Å². The third kappa shape index (κ3) is 4.37. The van der Waals surface area contributed by atoms with Gasteiger partial charge in [-0.3, -0.25) is 9.59 Å². The zero-order valence-corrected chi connectivity index (χ0v) is 18.4. The molecule has 0 spiro atoms. The number of amides is 2. The smallest absolute Gasteiger partial charge is 0.270 e. The average molecular weight is 444 g/mol. The van der Waals surface area contributed by atoms with Crippen molar-refractivity contribution in [2.24, 2.45) is 0 Å². The van der Waals surface area contributed by atoms with Crippen LogP contribution >= 0.6 is 0 Å². The minimum absolute atomic E-state index is 0.0173. The van der Waals surface area contributed by atoms with E-state index in [9.17, 15) is 9.59 Å². The Morgan fingerprint density at radius 2 is 2.06 bits per heavy atom. The van der Waals surface area contributed by atoms with E-state index < -0.39 is 0 Å². The topological polar surface area (TPSA) is 104 Å². The normalized spacial score (nSPS) is 16.2. The Balaban J connectivity index is 1.31. The Labute approximate surface area is 191 Å². The van der Waals surface area contributed by atoms with Crippen LogP contribution in [-0.4, -0.2) is 44.9 Å². The Kier molecular flexibility index (Phi) is 5.64. The van der Waals surface area contributed by atoms with Crippen LogP contribution in [0.25, 0.3) is 22.3 Å². The summed E-state index contributed by atoms with van der Waals surface area (Å²) >= 11 is 0. The van der Waals surface area contributed by atoms with Gasteiger partial charge in [-0.05, 0) is 37.1 Å². The number of hydrogen-bond donors (Lipinski definition) is 2. The van der Waals surface area contributed by atoms with Crippen molar-refractivity contribution in [2.45, 2.75) is 32.1 Å². The van der Waals surface area contributed by atoms with Crippen molar-refractivity contribution in [2.75, 3.05) is 18.4 Å². The first-order chi connectivity index (χ1) is 16.1. The molecule has 2 N–H and O–H groups in total. The monoisotopic (exact) mass is 443 g/mol. The molecule has 4 aromatic rings. The number of nitrogens with zero attached hydrogens (tertiary/aromatic N) is 3. The number of fused-ring (bicyclic) bond motifs is 1. The molecule has 1 aliphatic rings. The van der Waals surface area contributed by atoms with Crippen LogP contribution in [0, 0.1) is 0 Å². The van der Waals surface area contributed by atoms with E-state index in [-0.39, 0.29) is 17.7 Å². The van der Waals surface area contributed by atoms with Gasteiger partial charge in [0, 0.05) is 41.7 Å². The molecule has 1 aliphatic heterocycles. The molecule has 0 saturated carbocycles. The molecule has 0 unspecified atom stereocenters. The van der Waals surface area contributed by atoms with Crippen LogP contribution in [0.3, 0.4) is 0 Å². The van der Waals surface area contributed by atoms with Crippen molar-refractivity contribution >= 4 is 28.4 Å². The lowest BCUT2D eigenvalue weighted by molar-refractivity contribution is -0.115. The summed E-state index contributed by atoms with van der Waals surface area (Å²) in [6.45, 7) is 3.04. The first-order valence-corrected chi connectivity index (χ1v) is 11.2. The number of anilines is 1. The number of likely N-dealkylation sites (tertiary alicyclic amines) is 1. The molecular weight excluding hydrogens is 418 g/mol. The summed E-state index contributed by atoms with van der Waals surface area (Å²) < 4.78 is 5.59. The standard InChI is InChI=1S/C25H25N5O3/c1-2-22(31)26-19-10-5-8-17(13-19)23-28-24(33-29-23)18-9-6-12-30(15-18)25(32)21-14-16-7-3-4-11-20(16)27-21/h3-5,7-8,10-11,13-14,18,27H,2,6,9,12,15H2,1H3,(H,26,31)/t18-/m1/s1. The summed E-state index contributed by atoms with van der Waals surface area (Å²) in [6, 6.07) is 17.1. The highest BCUT2D eigenvalue weighted by molar-refractivity contribution is 5.98. The van der Waals surface area contributed by atoms with Crippen LogP contribution in [0.1, 0.15) is 48.5 Å². The molecular formula is C25H25N5O3. The second-order valence-corrected chi connectivity index (χ2v) is 8.30. The highest BCUT2D eigenvalue weighted by Gasteiger charge is 2.30. The van der Waals surface area contributed by atoms with Gasteiger partial charge in [0.2, 0.25) is 17.6 Å². The molecule has 2 aromatic carbocycles. The van der Waals surface area contributed by atoms with Gasteiger partial charge in [-0.1, -0.05) is 42.4 Å². The Bertz CT molecular complexity index is 1280. The molecule has 33 heavy (non-hydrogen) atoms. The van der Waals surface area contributed by atoms with E-state index in [2.05, 4.69) is 20.4 Å². The number of benzene rings is 2. The number of para-hydroxylation sites is 1. The van der Waals surface area contributed by atoms with Crippen molar-refractivity contribution in [3.63, 3.8) is 0 Å². The fraction of sp³-hybridized carbons (Fsp3) is 0.280. The van der Waals surface area contributed by atoms with E-state index in [1.54, 1.807) is 6.92 Å². The van der Waals surface area contributed by atoms with Crippen LogP contribution in [0.2, 0.25) is 0 Å². The van der Waals surface area contributed by atoms with Gasteiger partial charge < -0.3 is 19.7 Å². The lowest BCUT2D eigenvalue weighted by atomic mass is 9.97. The lowest BCUT2D eigenvalue weighted by Crippen LogP contribution is -2.39. The third-order valence-electron chi connectivity index (χ3n) is 5.99. The minimum Gasteiger partial charge on any atom is -0.351 e. The van der Waals surface area contributed by atoms with Crippen molar-refractivity contribution in [1.29, 1.82) is 0 Å². The van der Waals surface area contributed by atoms with Gasteiger partial charge in [-0.25, -0.2) is 0 Å². The molecule has 8 nitrogen and oxygen atoms in total. The molecule has 1 fully saturated rings. The van der Waals surface area contributed by atoms with Gasteiger partial charge in [0.1, 0.15) is 5.69 Å². The number of piperidine rings is 1. The predicted octanol–water partition coefficient (Wildman–Crippen LogP) is 4.59. The minimum atomic E-state index is -0.0529. The van der Waals surface area contributed by atoms with Crippen LogP contribution in [0.5, 0.6) is 0 Å². The van der Waals surface area contributed by atoms with Crippen molar-refractivity contribution < 1.29 is 14.1 Å².